The summed E-state index contributed by atoms with van der Waals surface area (Å²) in [5, 5.41) is 0. The molecule has 0 saturated carbocycles. The topological polar surface area (TPSA) is 39.7 Å². The molecule has 2 rings (SSSR count). The van der Waals surface area contributed by atoms with Crippen molar-refractivity contribution in [3.63, 3.8) is 0 Å². The Balaban J connectivity index is 1.73. The second kappa shape index (κ2) is 7.52. The number of carbonyl (C=O) groups excluding carboxylic acids is 1. The molecule has 0 spiro atoms. The van der Waals surface area contributed by atoms with Gasteiger partial charge in [-0.25, -0.2) is 0 Å². The lowest BCUT2D eigenvalue weighted by Gasteiger charge is -2.22. The molecule has 2 heterocycles. The van der Waals surface area contributed by atoms with Crippen LogP contribution in [0, 0.1) is 5.92 Å². The third-order valence-corrected chi connectivity index (χ3v) is 3.97. The molecule has 0 N–H and O–H groups in total. The van der Waals surface area contributed by atoms with Crippen molar-refractivity contribution < 1.29 is 4.79 Å². The average Bonchev–Trinajstić information content (AvgIpc) is 2.86. The summed E-state index contributed by atoms with van der Waals surface area (Å²) in [6.07, 6.45) is 4.91. The highest BCUT2D eigenvalue weighted by molar-refractivity contribution is 5.77. The van der Waals surface area contributed by atoms with Crippen LogP contribution in [0.25, 0.3) is 0 Å². The molecule has 1 atom stereocenters. The monoisotopic (exact) mass is 290 g/mol. The van der Waals surface area contributed by atoms with Gasteiger partial charge in [-0.05, 0) is 37.6 Å². The Bertz CT molecular complexity index is 449. The molecule has 0 aliphatic carbocycles. The normalized spacial score (nSPS) is 19.1. The van der Waals surface area contributed by atoms with Gasteiger partial charge in [-0.15, -0.1) is 0 Å². The molecule has 5 heteroatoms. The smallest absolute Gasteiger partial charge is 0.236 e. The average molecular weight is 290 g/mol. The predicted octanol–water partition coefficient (Wildman–Crippen LogP) is 0.924. The lowest BCUT2D eigenvalue weighted by atomic mass is 10.1. The molecule has 0 aromatic carbocycles. The number of hydrogen-bond donors (Lipinski definition) is 0. The van der Waals surface area contributed by atoms with Crippen LogP contribution < -0.4 is 0 Å². The number of carbonyl (C=O) groups is 1. The van der Waals surface area contributed by atoms with E-state index in [2.05, 4.69) is 27.9 Å². The standard InChI is InChI=1S/C16H26N4O/c1-18(2)16(21)13-20-8-6-15(12-20)11-19(3)10-14-5-4-7-17-9-14/h4-5,7,9,15H,6,8,10-13H2,1-3H3. The van der Waals surface area contributed by atoms with Crippen LogP contribution >= 0.6 is 0 Å². The Morgan fingerprint density at radius 2 is 2.24 bits per heavy atom. The molecule has 5 nitrogen and oxygen atoms in total. The Morgan fingerprint density at radius 1 is 1.43 bits per heavy atom. The van der Waals surface area contributed by atoms with Gasteiger partial charge in [0.15, 0.2) is 0 Å². The molecule has 1 aromatic heterocycles. The Labute approximate surface area is 127 Å². The summed E-state index contributed by atoms with van der Waals surface area (Å²) < 4.78 is 0. The molecular formula is C16H26N4O. The quantitative estimate of drug-likeness (QED) is 0.781. The van der Waals surface area contributed by atoms with Crippen molar-refractivity contribution in [2.45, 2.75) is 13.0 Å². The zero-order valence-electron chi connectivity index (χ0n) is 13.3. The molecule has 1 amide bonds. The third kappa shape index (κ3) is 5.10. The van der Waals surface area contributed by atoms with Crippen LogP contribution in [0.2, 0.25) is 0 Å². The lowest BCUT2D eigenvalue weighted by molar-refractivity contribution is -0.129. The molecular weight excluding hydrogens is 264 g/mol. The number of aromatic nitrogens is 1. The van der Waals surface area contributed by atoms with Crippen LogP contribution in [0.1, 0.15) is 12.0 Å². The molecule has 1 saturated heterocycles. The Morgan fingerprint density at radius 3 is 2.90 bits per heavy atom. The second-order valence-corrected chi connectivity index (χ2v) is 6.24. The van der Waals surface area contributed by atoms with E-state index in [4.69, 9.17) is 0 Å². The van der Waals surface area contributed by atoms with Crippen molar-refractivity contribution in [1.82, 2.24) is 19.7 Å². The Kier molecular flexibility index (Phi) is 5.70. The van der Waals surface area contributed by atoms with Gasteiger partial charge in [0, 0.05) is 46.1 Å². The van der Waals surface area contributed by atoms with E-state index in [0.717, 1.165) is 26.2 Å². The van der Waals surface area contributed by atoms with Gasteiger partial charge in [0.05, 0.1) is 6.54 Å². The third-order valence-electron chi connectivity index (χ3n) is 3.97. The van der Waals surface area contributed by atoms with Crippen LogP contribution in [-0.4, -0.2) is 72.9 Å². The van der Waals surface area contributed by atoms with Crippen LogP contribution in [-0.2, 0) is 11.3 Å². The molecule has 0 radical (unpaired) electrons. The van der Waals surface area contributed by atoms with Crippen molar-refractivity contribution in [1.29, 1.82) is 0 Å². The minimum atomic E-state index is 0.194. The summed E-state index contributed by atoms with van der Waals surface area (Å²) >= 11 is 0. The minimum Gasteiger partial charge on any atom is -0.348 e. The first-order valence-corrected chi connectivity index (χ1v) is 7.54. The highest BCUT2D eigenvalue weighted by Crippen LogP contribution is 2.17. The summed E-state index contributed by atoms with van der Waals surface area (Å²) in [6.45, 7) is 4.61. The van der Waals surface area contributed by atoms with Crippen molar-refractivity contribution in [2.75, 3.05) is 47.3 Å². The summed E-state index contributed by atoms with van der Waals surface area (Å²) in [4.78, 5) is 22.2. The SMILES string of the molecule is CN(Cc1cccnc1)CC1CCN(CC(=O)N(C)C)C1. The number of nitrogens with zero attached hydrogens (tertiary/aromatic N) is 4. The van der Waals surface area contributed by atoms with E-state index in [0.29, 0.717) is 12.5 Å². The highest BCUT2D eigenvalue weighted by atomic mass is 16.2. The molecule has 1 aromatic rings. The maximum atomic E-state index is 11.7. The Hall–Kier alpha value is -1.46. The van der Waals surface area contributed by atoms with Crippen LogP contribution in [0.3, 0.4) is 0 Å². The van der Waals surface area contributed by atoms with Gasteiger partial charge in [0.25, 0.3) is 0 Å². The van der Waals surface area contributed by atoms with Crippen molar-refractivity contribution in [3.05, 3.63) is 30.1 Å². The lowest BCUT2D eigenvalue weighted by Crippen LogP contribution is -2.36. The first-order valence-electron chi connectivity index (χ1n) is 7.54. The maximum absolute atomic E-state index is 11.7. The molecule has 1 aliphatic heterocycles. The maximum Gasteiger partial charge on any atom is 0.236 e. The van der Waals surface area contributed by atoms with Crippen molar-refractivity contribution >= 4 is 5.91 Å². The summed E-state index contributed by atoms with van der Waals surface area (Å²) in [5.41, 5.74) is 1.25. The fourth-order valence-electron chi connectivity index (χ4n) is 2.85. The second-order valence-electron chi connectivity index (χ2n) is 6.24. The zero-order valence-corrected chi connectivity index (χ0v) is 13.3. The van der Waals surface area contributed by atoms with E-state index in [9.17, 15) is 4.79 Å². The van der Waals surface area contributed by atoms with Crippen molar-refractivity contribution in [3.8, 4) is 0 Å². The van der Waals surface area contributed by atoms with Crippen LogP contribution in [0.15, 0.2) is 24.5 Å². The van der Waals surface area contributed by atoms with E-state index in [1.54, 1.807) is 11.1 Å². The van der Waals surface area contributed by atoms with Gasteiger partial charge in [0.2, 0.25) is 5.91 Å². The van der Waals surface area contributed by atoms with Gasteiger partial charge in [-0.1, -0.05) is 6.07 Å². The van der Waals surface area contributed by atoms with Gasteiger partial charge >= 0.3 is 0 Å². The number of pyridine rings is 1. The van der Waals surface area contributed by atoms with E-state index in [1.807, 2.05) is 26.4 Å². The summed E-state index contributed by atoms with van der Waals surface area (Å²) in [6, 6.07) is 4.09. The molecule has 1 unspecified atom stereocenters. The van der Waals surface area contributed by atoms with E-state index in [-0.39, 0.29) is 5.91 Å². The first kappa shape index (κ1) is 15.9. The summed E-state index contributed by atoms with van der Waals surface area (Å²) in [7, 11) is 5.79. The van der Waals surface area contributed by atoms with Gasteiger partial charge in [0.1, 0.15) is 0 Å². The number of rotatable bonds is 6. The van der Waals surface area contributed by atoms with Gasteiger partial charge < -0.3 is 9.80 Å². The molecule has 1 fully saturated rings. The predicted molar refractivity (Wildman–Crippen MR) is 83.8 cm³/mol. The van der Waals surface area contributed by atoms with Crippen LogP contribution in [0.4, 0.5) is 0 Å². The number of likely N-dealkylation sites (N-methyl/N-ethyl adjacent to an activating group) is 1. The number of likely N-dealkylation sites (tertiary alicyclic amines) is 1. The van der Waals surface area contributed by atoms with Gasteiger partial charge in [-0.2, -0.15) is 0 Å². The zero-order chi connectivity index (χ0) is 15.2. The minimum absolute atomic E-state index is 0.194. The van der Waals surface area contributed by atoms with E-state index in [1.165, 1.54) is 12.0 Å². The number of hydrogen-bond acceptors (Lipinski definition) is 4. The molecule has 1 aliphatic rings. The summed E-state index contributed by atoms with van der Waals surface area (Å²) in [5.74, 6) is 0.848. The molecule has 21 heavy (non-hydrogen) atoms. The number of amides is 1. The van der Waals surface area contributed by atoms with E-state index < -0.39 is 0 Å². The highest BCUT2D eigenvalue weighted by Gasteiger charge is 2.25. The fourth-order valence-corrected chi connectivity index (χ4v) is 2.85. The molecule has 116 valence electrons. The molecule has 0 bridgehead atoms. The van der Waals surface area contributed by atoms with E-state index >= 15 is 0 Å². The first-order chi connectivity index (χ1) is 10.0. The van der Waals surface area contributed by atoms with Crippen LogP contribution in [0.5, 0.6) is 0 Å². The van der Waals surface area contributed by atoms with Gasteiger partial charge in [-0.3, -0.25) is 14.7 Å². The largest absolute Gasteiger partial charge is 0.348 e. The van der Waals surface area contributed by atoms with Crippen molar-refractivity contribution in [2.24, 2.45) is 5.92 Å². The fraction of sp³-hybridized carbons (Fsp3) is 0.625.